The van der Waals surface area contributed by atoms with Gasteiger partial charge in [0.15, 0.2) is 0 Å². The SMILES string of the molecule is Cc1ccc(COc2ccc(/C=C/C(=O)NC(C)C(=O)O)cc2)cc1. The van der Waals surface area contributed by atoms with Crippen molar-refractivity contribution in [2.24, 2.45) is 0 Å². The molecule has 1 unspecified atom stereocenters. The van der Waals surface area contributed by atoms with Crippen LogP contribution in [0.2, 0.25) is 0 Å². The second-order valence-electron chi connectivity index (χ2n) is 5.75. The molecule has 0 aliphatic heterocycles. The molecule has 2 rings (SSSR count). The lowest BCUT2D eigenvalue weighted by atomic mass is 10.1. The van der Waals surface area contributed by atoms with Gasteiger partial charge >= 0.3 is 5.97 Å². The van der Waals surface area contributed by atoms with E-state index < -0.39 is 17.9 Å². The Balaban J connectivity index is 1.86. The number of carboxylic acids is 1. The van der Waals surface area contributed by atoms with Gasteiger partial charge < -0.3 is 15.2 Å². The summed E-state index contributed by atoms with van der Waals surface area (Å²) in [6.45, 7) is 3.94. The molecule has 130 valence electrons. The number of carbonyl (C=O) groups excluding carboxylic acids is 1. The minimum absolute atomic E-state index is 0.449. The van der Waals surface area contributed by atoms with Gasteiger partial charge in [0.2, 0.25) is 5.91 Å². The molecule has 0 fully saturated rings. The normalized spacial score (nSPS) is 11.9. The van der Waals surface area contributed by atoms with Crippen LogP contribution >= 0.6 is 0 Å². The lowest BCUT2D eigenvalue weighted by molar-refractivity contribution is -0.140. The number of aliphatic carboxylic acids is 1. The third kappa shape index (κ3) is 6.14. The molecule has 25 heavy (non-hydrogen) atoms. The van der Waals surface area contributed by atoms with Crippen LogP contribution in [0.1, 0.15) is 23.6 Å². The molecular weight excluding hydrogens is 318 g/mol. The average molecular weight is 339 g/mol. The summed E-state index contributed by atoms with van der Waals surface area (Å²) in [4.78, 5) is 22.3. The molecule has 0 saturated carbocycles. The van der Waals surface area contributed by atoms with E-state index in [1.54, 1.807) is 6.08 Å². The van der Waals surface area contributed by atoms with Crippen molar-refractivity contribution in [2.45, 2.75) is 26.5 Å². The van der Waals surface area contributed by atoms with Crippen LogP contribution in [0, 0.1) is 6.92 Å². The number of hydrogen-bond donors (Lipinski definition) is 2. The maximum Gasteiger partial charge on any atom is 0.325 e. The molecule has 0 radical (unpaired) electrons. The molecule has 0 aliphatic carbocycles. The van der Waals surface area contributed by atoms with E-state index in [0.29, 0.717) is 6.61 Å². The Kier molecular flexibility index (Phi) is 6.34. The van der Waals surface area contributed by atoms with Crippen LogP contribution in [0.5, 0.6) is 5.75 Å². The molecule has 0 aliphatic rings. The van der Waals surface area contributed by atoms with Gasteiger partial charge in [-0.25, -0.2) is 0 Å². The Morgan fingerprint density at radius 3 is 2.36 bits per heavy atom. The molecule has 5 heteroatoms. The van der Waals surface area contributed by atoms with E-state index in [1.807, 2.05) is 55.5 Å². The number of nitrogens with one attached hydrogen (secondary N) is 1. The van der Waals surface area contributed by atoms with Crippen molar-refractivity contribution in [2.75, 3.05) is 0 Å². The highest BCUT2D eigenvalue weighted by Crippen LogP contribution is 2.15. The quantitative estimate of drug-likeness (QED) is 0.760. The van der Waals surface area contributed by atoms with E-state index in [4.69, 9.17) is 9.84 Å². The van der Waals surface area contributed by atoms with Crippen LogP contribution in [0.15, 0.2) is 54.6 Å². The standard InChI is InChI=1S/C20H21NO4/c1-14-3-5-17(6-4-14)13-25-18-10-7-16(8-11-18)9-12-19(22)21-15(2)20(23)24/h3-12,15H,13H2,1-2H3,(H,21,22)(H,23,24)/b12-9+. The number of carboxylic acid groups (broad SMARTS) is 1. The van der Waals surface area contributed by atoms with E-state index in [-0.39, 0.29) is 0 Å². The largest absolute Gasteiger partial charge is 0.489 e. The van der Waals surface area contributed by atoms with Gasteiger partial charge in [0.1, 0.15) is 18.4 Å². The predicted molar refractivity (Wildman–Crippen MR) is 96.2 cm³/mol. The predicted octanol–water partition coefficient (Wildman–Crippen LogP) is 3.18. The van der Waals surface area contributed by atoms with Gasteiger partial charge in [-0.1, -0.05) is 42.0 Å². The Morgan fingerprint density at radius 1 is 1.12 bits per heavy atom. The molecule has 1 amide bonds. The van der Waals surface area contributed by atoms with Crippen molar-refractivity contribution < 1.29 is 19.4 Å². The van der Waals surface area contributed by atoms with E-state index in [1.165, 1.54) is 18.6 Å². The van der Waals surface area contributed by atoms with Crippen molar-refractivity contribution in [3.63, 3.8) is 0 Å². The van der Waals surface area contributed by atoms with Crippen molar-refractivity contribution in [1.29, 1.82) is 0 Å². The highest BCUT2D eigenvalue weighted by molar-refractivity contribution is 5.94. The molecule has 0 saturated heterocycles. The summed E-state index contributed by atoms with van der Waals surface area (Å²) in [5, 5.41) is 11.1. The maximum absolute atomic E-state index is 11.6. The zero-order valence-corrected chi connectivity index (χ0v) is 14.2. The number of ether oxygens (including phenoxy) is 1. The zero-order valence-electron chi connectivity index (χ0n) is 14.2. The molecule has 0 heterocycles. The van der Waals surface area contributed by atoms with E-state index in [9.17, 15) is 9.59 Å². The minimum Gasteiger partial charge on any atom is -0.489 e. The van der Waals surface area contributed by atoms with E-state index in [2.05, 4.69) is 5.32 Å². The first-order valence-corrected chi connectivity index (χ1v) is 7.94. The first-order chi connectivity index (χ1) is 11.9. The lowest BCUT2D eigenvalue weighted by Gasteiger charge is -2.07. The molecule has 0 aromatic heterocycles. The second kappa shape index (κ2) is 8.68. The zero-order chi connectivity index (χ0) is 18.2. The van der Waals surface area contributed by atoms with Crippen LogP contribution in [0.3, 0.4) is 0 Å². The van der Waals surface area contributed by atoms with Crippen molar-refractivity contribution in [3.8, 4) is 5.75 Å². The molecule has 1 atom stereocenters. The minimum atomic E-state index is -1.07. The molecule has 0 spiro atoms. The van der Waals surface area contributed by atoms with Crippen LogP contribution in [0.25, 0.3) is 6.08 Å². The van der Waals surface area contributed by atoms with Gasteiger partial charge in [-0.3, -0.25) is 9.59 Å². The maximum atomic E-state index is 11.6. The molecule has 2 aromatic rings. The third-order valence-electron chi connectivity index (χ3n) is 3.56. The van der Waals surface area contributed by atoms with Gasteiger partial charge in [0.05, 0.1) is 0 Å². The van der Waals surface area contributed by atoms with Gasteiger partial charge in [-0.2, -0.15) is 0 Å². The number of aryl methyl sites for hydroxylation is 1. The summed E-state index contributed by atoms with van der Waals surface area (Å²) < 4.78 is 5.72. The van der Waals surface area contributed by atoms with Gasteiger partial charge in [0, 0.05) is 6.08 Å². The first kappa shape index (κ1) is 18.3. The monoisotopic (exact) mass is 339 g/mol. The Bertz CT molecular complexity index is 748. The number of amides is 1. The summed E-state index contributed by atoms with van der Waals surface area (Å²) in [5.41, 5.74) is 3.13. The van der Waals surface area contributed by atoms with Crippen molar-refractivity contribution in [1.82, 2.24) is 5.32 Å². The summed E-state index contributed by atoms with van der Waals surface area (Å²) in [5.74, 6) is -0.784. The number of hydrogen-bond acceptors (Lipinski definition) is 3. The molecule has 2 aromatic carbocycles. The summed E-state index contributed by atoms with van der Waals surface area (Å²) >= 11 is 0. The molecular formula is C20H21NO4. The van der Waals surface area contributed by atoms with E-state index in [0.717, 1.165) is 16.9 Å². The van der Waals surface area contributed by atoms with E-state index >= 15 is 0 Å². The fourth-order valence-corrected chi connectivity index (χ4v) is 2.02. The third-order valence-corrected chi connectivity index (χ3v) is 3.56. The van der Waals surface area contributed by atoms with Crippen LogP contribution < -0.4 is 10.1 Å². The summed E-state index contributed by atoms with van der Waals surface area (Å²) in [7, 11) is 0. The number of carbonyl (C=O) groups is 2. The Hall–Kier alpha value is -3.08. The summed E-state index contributed by atoms with van der Waals surface area (Å²) in [6, 6.07) is 14.5. The van der Waals surface area contributed by atoms with Crippen LogP contribution in [-0.2, 0) is 16.2 Å². The topological polar surface area (TPSA) is 75.6 Å². The van der Waals surface area contributed by atoms with Crippen LogP contribution in [-0.4, -0.2) is 23.0 Å². The summed E-state index contributed by atoms with van der Waals surface area (Å²) in [6.07, 6.45) is 2.93. The number of rotatable bonds is 7. The van der Waals surface area contributed by atoms with Crippen molar-refractivity contribution in [3.05, 3.63) is 71.3 Å². The smallest absolute Gasteiger partial charge is 0.325 e. The van der Waals surface area contributed by atoms with Gasteiger partial charge in [0.25, 0.3) is 0 Å². The second-order valence-corrected chi connectivity index (χ2v) is 5.75. The Morgan fingerprint density at radius 2 is 1.76 bits per heavy atom. The molecule has 5 nitrogen and oxygen atoms in total. The highest BCUT2D eigenvalue weighted by Gasteiger charge is 2.11. The molecule has 0 bridgehead atoms. The lowest BCUT2D eigenvalue weighted by Crippen LogP contribution is -2.37. The average Bonchev–Trinajstić information content (AvgIpc) is 2.60. The fraction of sp³-hybridized carbons (Fsp3) is 0.200. The first-order valence-electron chi connectivity index (χ1n) is 7.94. The Labute approximate surface area is 146 Å². The van der Waals surface area contributed by atoms with Gasteiger partial charge in [-0.05, 0) is 43.2 Å². The highest BCUT2D eigenvalue weighted by atomic mass is 16.5. The van der Waals surface area contributed by atoms with Gasteiger partial charge in [-0.15, -0.1) is 0 Å². The fourth-order valence-electron chi connectivity index (χ4n) is 2.02. The van der Waals surface area contributed by atoms with Crippen LogP contribution in [0.4, 0.5) is 0 Å². The van der Waals surface area contributed by atoms with Crippen molar-refractivity contribution >= 4 is 18.0 Å². The molecule has 2 N–H and O–H groups in total. The number of benzene rings is 2.